The van der Waals surface area contributed by atoms with Crippen LogP contribution in [0.4, 0.5) is 5.95 Å². The quantitative estimate of drug-likeness (QED) is 0.861. The van der Waals surface area contributed by atoms with Crippen molar-refractivity contribution in [1.82, 2.24) is 9.97 Å². The molecule has 1 atom stereocenters. The molecular weight excluding hydrogens is 265 g/mol. The van der Waals surface area contributed by atoms with Crippen LogP contribution in [-0.2, 0) is 0 Å². The predicted molar refractivity (Wildman–Crippen MR) is 58.1 cm³/mol. The molecule has 0 fully saturated rings. The first-order valence-electron chi connectivity index (χ1n) is 3.96. The van der Waals surface area contributed by atoms with Gasteiger partial charge in [0.15, 0.2) is 0 Å². The number of rotatable bonds is 3. The molecule has 1 aromatic rings. The Bertz CT molecular complexity index is 235. The summed E-state index contributed by atoms with van der Waals surface area (Å²) in [7, 11) is 0. The third-order valence-corrected chi connectivity index (χ3v) is 2.17. The average molecular weight is 277 g/mol. The molecule has 1 aromatic heterocycles. The Balaban J connectivity index is 2.58. The van der Waals surface area contributed by atoms with E-state index in [4.69, 9.17) is 0 Å². The van der Waals surface area contributed by atoms with E-state index in [9.17, 15) is 0 Å². The molecule has 0 radical (unpaired) electrons. The number of anilines is 1. The Labute approximate surface area is 86.1 Å². The van der Waals surface area contributed by atoms with Crippen molar-refractivity contribution in [3.8, 4) is 0 Å². The zero-order valence-corrected chi connectivity index (χ0v) is 9.37. The summed E-state index contributed by atoms with van der Waals surface area (Å²) >= 11 is 2.19. The van der Waals surface area contributed by atoms with Gasteiger partial charge < -0.3 is 5.32 Å². The molecule has 0 aliphatic carbocycles. The van der Waals surface area contributed by atoms with E-state index in [-0.39, 0.29) is 0 Å². The van der Waals surface area contributed by atoms with Gasteiger partial charge in [-0.05, 0) is 35.9 Å². The maximum Gasteiger partial charge on any atom is 0.222 e. The van der Waals surface area contributed by atoms with Gasteiger partial charge >= 0.3 is 0 Å². The van der Waals surface area contributed by atoms with E-state index in [2.05, 4.69) is 51.7 Å². The average Bonchev–Trinajstić information content (AvgIpc) is 2.09. The summed E-state index contributed by atoms with van der Waals surface area (Å²) in [6, 6.07) is 0.435. The first-order chi connectivity index (χ1) is 5.72. The minimum Gasteiger partial charge on any atom is -0.352 e. The molecule has 1 unspecified atom stereocenters. The highest BCUT2D eigenvalue weighted by Gasteiger charge is 1.99. The second kappa shape index (κ2) is 4.59. The fourth-order valence-electron chi connectivity index (χ4n) is 0.709. The minimum atomic E-state index is 0.435. The van der Waals surface area contributed by atoms with E-state index in [0.717, 1.165) is 9.99 Å². The third-order valence-electron chi connectivity index (χ3n) is 1.61. The molecule has 0 amide bonds. The predicted octanol–water partition coefficient (Wildman–Crippen LogP) is 2.29. The lowest BCUT2D eigenvalue weighted by atomic mass is 10.3. The molecule has 0 saturated heterocycles. The van der Waals surface area contributed by atoms with Crippen molar-refractivity contribution in [2.45, 2.75) is 26.3 Å². The highest BCUT2D eigenvalue weighted by atomic mass is 127. The first-order valence-corrected chi connectivity index (χ1v) is 5.04. The van der Waals surface area contributed by atoms with Gasteiger partial charge in [0.05, 0.1) is 0 Å². The summed E-state index contributed by atoms with van der Waals surface area (Å²) in [5.41, 5.74) is 0. The monoisotopic (exact) mass is 277 g/mol. The second-order valence-corrected chi connectivity index (χ2v) is 3.92. The van der Waals surface area contributed by atoms with Crippen molar-refractivity contribution in [2.24, 2.45) is 0 Å². The maximum absolute atomic E-state index is 4.14. The van der Waals surface area contributed by atoms with Gasteiger partial charge in [-0.3, -0.25) is 0 Å². The van der Waals surface area contributed by atoms with Crippen LogP contribution in [0.3, 0.4) is 0 Å². The van der Waals surface area contributed by atoms with E-state index in [1.807, 2.05) is 0 Å². The summed E-state index contributed by atoms with van der Waals surface area (Å²) < 4.78 is 1.06. The molecule has 0 aliphatic heterocycles. The normalized spacial score (nSPS) is 12.6. The third kappa shape index (κ3) is 2.92. The molecule has 1 N–H and O–H groups in total. The van der Waals surface area contributed by atoms with Crippen LogP contribution in [0.1, 0.15) is 20.3 Å². The van der Waals surface area contributed by atoms with Crippen molar-refractivity contribution in [1.29, 1.82) is 0 Å². The van der Waals surface area contributed by atoms with Crippen LogP contribution in [0.25, 0.3) is 0 Å². The number of aromatic nitrogens is 2. The lowest BCUT2D eigenvalue weighted by molar-refractivity contribution is 0.752. The zero-order valence-electron chi connectivity index (χ0n) is 7.21. The fraction of sp³-hybridized carbons (Fsp3) is 0.500. The van der Waals surface area contributed by atoms with Gasteiger partial charge in [-0.2, -0.15) is 0 Å². The highest BCUT2D eigenvalue weighted by Crippen LogP contribution is 2.04. The number of nitrogens with zero attached hydrogens (tertiary/aromatic N) is 2. The van der Waals surface area contributed by atoms with Crippen LogP contribution < -0.4 is 5.32 Å². The summed E-state index contributed by atoms with van der Waals surface area (Å²) in [6.07, 6.45) is 4.69. The topological polar surface area (TPSA) is 37.8 Å². The van der Waals surface area contributed by atoms with Crippen molar-refractivity contribution >= 4 is 28.5 Å². The zero-order chi connectivity index (χ0) is 8.97. The van der Waals surface area contributed by atoms with Gasteiger partial charge in [0.1, 0.15) is 0 Å². The number of halogens is 1. The van der Waals surface area contributed by atoms with Gasteiger partial charge in [0, 0.05) is 22.0 Å². The molecule has 3 nitrogen and oxygen atoms in total. The van der Waals surface area contributed by atoms with E-state index in [1.54, 1.807) is 12.4 Å². The van der Waals surface area contributed by atoms with Crippen molar-refractivity contribution in [3.63, 3.8) is 0 Å². The largest absolute Gasteiger partial charge is 0.352 e. The van der Waals surface area contributed by atoms with Crippen LogP contribution in [-0.4, -0.2) is 16.0 Å². The number of nitrogens with one attached hydrogen (secondary N) is 1. The summed E-state index contributed by atoms with van der Waals surface area (Å²) in [5.74, 6) is 0.713. The first kappa shape index (κ1) is 9.70. The van der Waals surface area contributed by atoms with E-state index in [0.29, 0.717) is 12.0 Å². The number of hydrogen-bond acceptors (Lipinski definition) is 3. The molecule has 0 bridgehead atoms. The molecule has 1 heterocycles. The Morgan fingerprint density at radius 2 is 2.08 bits per heavy atom. The van der Waals surface area contributed by atoms with E-state index >= 15 is 0 Å². The van der Waals surface area contributed by atoms with Crippen LogP contribution >= 0.6 is 22.6 Å². The molecule has 0 spiro atoms. The fourth-order valence-corrected chi connectivity index (χ4v) is 0.988. The van der Waals surface area contributed by atoms with E-state index < -0.39 is 0 Å². The Morgan fingerprint density at radius 3 is 2.58 bits per heavy atom. The lowest BCUT2D eigenvalue weighted by Gasteiger charge is -2.09. The maximum atomic E-state index is 4.14. The van der Waals surface area contributed by atoms with Crippen molar-refractivity contribution in [2.75, 3.05) is 5.32 Å². The van der Waals surface area contributed by atoms with Crippen LogP contribution in [0.2, 0.25) is 0 Å². The van der Waals surface area contributed by atoms with Gasteiger partial charge in [-0.1, -0.05) is 6.92 Å². The standard InChI is InChI=1S/C8H12IN3/c1-3-6(2)12-8-10-4-7(9)5-11-8/h4-6H,3H2,1-2H3,(H,10,11,12). The van der Waals surface area contributed by atoms with Gasteiger partial charge in [0.25, 0.3) is 0 Å². The highest BCUT2D eigenvalue weighted by molar-refractivity contribution is 14.1. The SMILES string of the molecule is CCC(C)Nc1ncc(I)cn1. The molecule has 1 rings (SSSR count). The van der Waals surface area contributed by atoms with Crippen LogP contribution in [0, 0.1) is 3.57 Å². The van der Waals surface area contributed by atoms with Crippen LogP contribution in [0.5, 0.6) is 0 Å². The molecule has 0 aliphatic rings. The molecular formula is C8H12IN3. The minimum absolute atomic E-state index is 0.435. The van der Waals surface area contributed by atoms with Crippen molar-refractivity contribution < 1.29 is 0 Å². The Kier molecular flexibility index (Phi) is 3.71. The summed E-state index contributed by atoms with van der Waals surface area (Å²) in [5, 5.41) is 3.19. The van der Waals surface area contributed by atoms with E-state index in [1.165, 1.54) is 0 Å². The summed E-state index contributed by atoms with van der Waals surface area (Å²) in [4.78, 5) is 8.27. The molecule has 4 heteroatoms. The Morgan fingerprint density at radius 1 is 1.50 bits per heavy atom. The van der Waals surface area contributed by atoms with Gasteiger partial charge in [0.2, 0.25) is 5.95 Å². The summed E-state index contributed by atoms with van der Waals surface area (Å²) in [6.45, 7) is 4.24. The molecule has 0 aromatic carbocycles. The van der Waals surface area contributed by atoms with Crippen molar-refractivity contribution in [3.05, 3.63) is 16.0 Å². The molecule has 0 saturated carbocycles. The van der Waals surface area contributed by atoms with Crippen LogP contribution in [0.15, 0.2) is 12.4 Å². The van der Waals surface area contributed by atoms with Gasteiger partial charge in [-0.25, -0.2) is 9.97 Å². The smallest absolute Gasteiger partial charge is 0.222 e. The lowest BCUT2D eigenvalue weighted by Crippen LogP contribution is -2.15. The second-order valence-electron chi connectivity index (χ2n) is 2.68. The Hall–Kier alpha value is -0.390. The molecule has 12 heavy (non-hydrogen) atoms. The molecule has 66 valence electrons. The van der Waals surface area contributed by atoms with Gasteiger partial charge in [-0.15, -0.1) is 0 Å². The number of hydrogen-bond donors (Lipinski definition) is 1.